The second kappa shape index (κ2) is 5.44. The minimum atomic E-state index is -2.58. The third-order valence-corrected chi connectivity index (χ3v) is 3.28. The molecule has 8 heteroatoms. The molecule has 21 heavy (non-hydrogen) atoms. The minimum absolute atomic E-state index is 0.645. The second-order valence-corrected chi connectivity index (χ2v) is 4.80. The number of halogens is 1. The number of ether oxygens (including phenoxy) is 1. The fourth-order valence-corrected chi connectivity index (χ4v) is 2.29. The van der Waals surface area contributed by atoms with Crippen LogP contribution in [0.1, 0.15) is 20.1 Å². The third-order valence-electron chi connectivity index (χ3n) is 3.28. The molecule has 7 nitrogen and oxygen atoms in total. The average molecular weight is 298 g/mol. The number of aliphatic hydroxyl groups is 2. The lowest BCUT2D eigenvalue weighted by atomic mass is 9.94. The number of nitrogens with one attached hydrogen (secondary N) is 1. The minimum Gasteiger partial charge on any atom is -0.391 e. The molecular formula is C13H15FN2O5. The summed E-state index contributed by atoms with van der Waals surface area (Å²) < 4.78 is 21.1. The van der Waals surface area contributed by atoms with E-state index in [2.05, 4.69) is 11.8 Å². The monoisotopic (exact) mass is 298 g/mol. The summed E-state index contributed by atoms with van der Waals surface area (Å²) in [7, 11) is 0. The molecule has 114 valence electrons. The molecule has 5 atom stereocenters. The molecule has 3 N–H and O–H groups in total. The standard InChI is InChI=1S/C13H15FN2O5/c1-3-5-13(14)10(19)9(7(2)17)21-11(13)16-6-4-8(18)15-12(16)20/h4,6-7,9-11,17,19H,1-2H3,(H,15,18,20)/t7-,9-,10+,11-,13?/m1/s1. The quantitative estimate of drug-likeness (QED) is 0.602. The van der Waals surface area contributed by atoms with Crippen LogP contribution in [0.5, 0.6) is 0 Å². The number of aromatic amines is 1. The maximum atomic E-state index is 15.0. The van der Waals surface area contributed by atoms with E-state index in [9.17, 15) is 19.8 Å². The molecule has 1 aromatic rings. The van der Waals surface area contributed by atoms with Gasteiger partial charge in [0.15, 0.2) is 6.23 Å². The normalized spacial score (nSPS) is 33.3. The molecular weight excluding hydrogens is 283 g/mol. The Morgan fingerprint density at radius 2 is 2.24 bits per heavy atom. The van der Waals surface area contributed by atoms with Crippen molar-refractivity contribution in [2.24, 2.45) is 0 Å². The number of H-pyrrole nitrogens is 1. The predicted octanol–water partition coefficient (Wildman–Crippen LogP) is -1.09. The number of aliphatic hydroxyl groups excluding tert-OH is 2. The van der Waals surface area contributed by atoms with E-state index in [1.807, 2.05) is 4.98 Å². The zero-order chi connectivity index (χ0) is 15.8. The molecule has 1 aromatic heterocycles. The molecule has 1 aliphatic rings. The largest absolute Gasteiger partial charge is 0.391 e. The summed E-state index contributed by atoms with van der Waals surface area (Å²) in [5.41, 5.74) is -4.13. The number of hydrogen-bond acceptors (Lipinski definition) is 5. The first-order chi connectivity index (χ1) is 9.81. The van der Waals surface area contributed by atoms with Crippen molar-refractivity contribution in [2.75, 3.05) is 0 Å². The maximum absolute atomic E-state index is 15.0. The Morgan fingerprint density at radius 3 is 2.76 bits per heavy atom. The molecule has 0 aliphatic carbocycles. The van der Waals surface area contributed by atoms with E-state index in [1.54, 1.807) is 0 Å². The molecule has 0 radical (unpaired) electrons. The highest BCUT2D eigenvalue weighted by Crippen LogP contribution is 2.41. The van der Waals surface area contributed by atoms with E-state index in [-0.39, 0.29) is 0 Å². The smallest absolute Gasteiger partial charge is 0.330 e. The Balaban J connectivity index is 2.56. The van der Waals surface area contributed by atoms with Crippen molar-refractivity contribution in [1.29, 1.82) is 0 Å². The van der Waals surface area contributed by atoms with Gasteiger partial charge in [-0.3, -0.25) is 14.3 Å². The SMILES string of the molecule is CC#CC1(F)[C@@H](O)[C@@H]([C@@H](C)O)O[C@H]1n1ccc(=O)[nH]c1=O. The van der Waals surface area contributed by atoms with Gasteiger partial charge in [0.25, 0.3) is 5.56 Å². The van der Waals surface area contributed by atoms with E-state index >= 15 is 4.39 Å². The van der Waals surface area contributed by atoms with Crippen LogP contribution in [0, 0.1) is 11.8 Å². The molecule has 1 unspecified atom stereocenters. The van der Waals surface area contributed by atoms with Gasteiger partial charge in [0.2, 0.25) is 5.67 Å². The highest BCUT2D eigenvalue weighted by Gasteiger charge is 2.59. The van der Waals surface area contributed by atoms with Crippen LogP contribution >= 0.6 is 0 Å². The van der Waals surface area contributed by atoms with E-state index < -0.39 is 41.5 Å². The fraction of sp³-hybridized carbons (Fsp3) is 0.538. The van der Waals surface area contributed by atoms with E-state index in [1.165, 1.54) is 13.8 Å². The van der Waals surface area contributed by atoms with Crippen molar-refractivity contribution in [1.82, 2.24) is 9.55 Å². The Bertz CT molecular complexity index is 701. The van der Waals surface area contributed by atoms with Crippen LogP contribution in [0.2, 0.25) is 0 Å². The first kappa shape index (κ1) is 15.4. The van der Waals surface area contributed by atoms with Crippen molar-refractivity contribution in [2.45, 2.75) is 44.1 Å². The van der Waals surface area contributed by atoms with Gasteiger partial charge in [-0.15, -0.1) is 5.92 Å². The molecule has 1 aliphatic heterocycles. The molecule has 0 bridgehead atoms. The summed E-state index contributed by atoms with van der Waals surface area (Å²) >= 11 is 0. The van der Waals surface area contributed by atoms with Crippen LogP contribution in [-0.4, -0.2) is 43.7 Å². The van der Waals surface area contributed by atoms with Crippen molar-refractivity contribution in [3.05, 3.63) is 33.1 Å². The lowest BCUT2D eigenvalue weighted by Crippen LogP contribution is -2.45. The van der Waals surface area contributed by atoms with Crippen molar-refractivity contribution < 1.29 is 19.3 Å². The summed E-state index contributed by atoms with van der Waals surface area (Å²) in [5, 5.41) is 19.6. The summed E-state index contributed by atoms with van der Waals surface area (Å²) in [5.74, 6) is 4.53. The van der Waals surface area contributed by atoms with Crippen molar-refractivity contribution in [3.63, 3.8) is 0 Å². The van der Waals surface area contributed by atoms with Crippen molar-refractivity contribution in [3.8, 4) is 11.8 Å². The van der Waals surface area contributed by atoms with E-state index in [0.29, 0.717) is 0 Å². The summed E-state index contributed by atoms with van der Waals surface area (Å²) in [6, 6.07) is 1.02. The fourth-order valence-electron chi connectivity index (χ4n) is 2.29. The molecule has 1 fully saturated rings. The van der Waals surface area contributed by atoms with Gasteiger partial charge in [-0.2, -0.15) is 0 Å². The van der Waals surface area contributed by atoms with Crippen LogP contribution < -0.4 is 11.2 Å². The van der Waals surface area contributed by atoms with E-state index in [0.717, 1.165) is 16.8 Å². The molecule has 2 rings (SSSR count). The molecule has 0 saturated carbocycles. The zero-order valence-corrected chi connectivity index (χ0v) is 11.4. The number of rotatable bonds is 2. The van der Waals surface area contributed by atoms with Gasteiger partial charge in [0.1, 0.15) is 12.2 Å². The summed E-state index contributed by atoms with van der Waals surface area (Å²) in [6.07, 6.45) is -4.69. The Labute approximate surface area is 119 Å². The number of aromatic nitrogens is 2. The molecule has 0 amide bonds. The van der Waals surface area contributed by atoms with Gasteiger partial charge >= 0.3 is 5.69 Å². The van der Waals surface area contributed by atoms with Crippen molar-refractivity contribution >= 4 is 0 Å². The molecule has 0 spiro atoms. The van der Waals surface area contributed by atoms with Gasteiger partial charge in [-0.1, -0.05) is 5.92 Å². The number of nitrogens with zero attached hydrogens (tertiary/aromatic N) is 1. The average Bonchev–Trinajstić information content (AvgIpc) is 2.64. The van der Waals surface area contributed by atoms with Gasteiger partial charge in [0, 0.05) is 12.3 Å². The predicted molar refractivity (Wildman–Crippen MR) is 70.2 cm³/mol. The van der Waals surface area contributed by atoms with Crippen LogP contribution in [-0.2, 0) is 4.74 Å². The summed E-state index contributed by atoms with van der Waals surface area (Å²) in [4.78, 5) is 24.8. The Hall–Kier alpha value is -1.95. The lowest BCUT2D eigenvalue weighted by molar-refractivity contribution is -0.0803. The Morgan fingerprint density at radius 1 is 1.57 bits per heavy atom. The topological polar surface area (TPSA) is 105 Å². The Kier molecular flexibility index (Phi) is 4.00. The number of alkyl halides is 1. The zero-order valence-electron chi connectivity index (χ0n) is 11.4. The second-order valence-electron chi connectivity index (χ2n) is 4.80. The highest BCUT2D eigenvalue weighted by molar-refractivity contribution is 5.23. The van der Waals surface area contributed by atoms with Gasteiger partial charge in [-0.05, 0) is 13.8 Å². The number of hydrogen-bond donors (Lipinski definition) is 3. The van der Waals surface area contributed by atoms with Crippen LogP contribution in [0.25, 0.3) is 0 Å². The van der Waals surface area contributed by atoms with Gasteiger partial charge in [0.05, 0.1) is 6.10 Å². The van der Waals surface area contributed by atoms with Crippen LogP contribution in [0.3, 0.4) is 0 Å². The lowest BCUT2D eigenvalue weighted by Gasteiger charge is -2.24. The first-order valence-electron chi connectivity index (χ1n) is 6.27. The highest BCUT2D eigenvalue weighted by atomic mass is 19.1. The molecule has 1 saturated heterocycles. The third kappa shape index (κ3) is 2.51. The molecule has 0 aromatic carbocycles. The maximum Gasteiger partial charge on any atom is 0.330 e. The summed E-state index contributed by atoms with van der Waals surface area (Å²) in [6.45, 7) is 2.70. The van der Waals surface area contributed by atoms with Crippen LogP contribution in [0.15, 0.2) is 21.9 Å². The van der Waals surface area contributed by atoms with Crippen LogP contribution in [0.4, 0.5) is 4.39 Å². The van der Waals surface area contributed by atoms with Gasteiger partial charge in [-0.25, -0.2) is 9.18 Å². The first-order valence-corrected chi connectivity index (χ1v) is 6.27. The van der Waals surface area contributed by atoms with Gasteiger partial charge < -0.3 is 14.9 Å². The molecule has 2 heterocycles. The van der Waals surface area contributed by atoms with E-state index in [4.69, 9.17) is 4.74 Å².